The predicted octanol–water partition coefficient (Wildman–Crippen LogP) is 17.8. The number of hydrogen-bond acceptors (Lipinski definition) is 1. The molecule has 1 unspecified atom stereocenters. The number of nitrogens with one attached hydrogen (secondary N) is 3. The van der Waals surface area contributed by atoms with Crippen molar-refractivity contribution in [3.8, 4) is 0 Å². The summed E-state index contributed by atoms with van der Waals surface area (Å²) in [6.45, 7) is 26.3. The molecule has 9 rings (SSSR count). The normalized spacial score (nSPS) is 15.1. The molecule has 3 N–H and O–H groups in total. The fourth-order valence-electron chi connectivity index (χ4n) is 11.1. The van der Waals surface area contributed by atoms with E-state index < -0.39 is 0 Å². The second-order valence-electron chi connectivity index (χ2n) is 18.7. The van der Waals surface area contributed by atoms with E-state index in [1.165, 1.54) is 50.1 Å². The monoisotopic (exact) mass is 1410 g/mol. The van der Waals surface area contributed by atoms with E-state index in [9.17, 15) is 0 Å². The van der Waals surface area contributed by atoms with E-state index in [1.807, 2.05) is 0 Å². The molecule has 1 atom stereocenters. The van der Waals surface area contributed by atoms with Crippen LogP contribution in [0.15, 0.2) is 95.0 Å². The summed E-state index contributed by atoms with van der Waals surface area (Å²) in [4.78, 5) is 18.2. The molecule has 2 aliphatic heterocycles. The third-order valence-corrected chi connectivity index (χ3v) is 21.9. The van der Waals surface area contributed by atoms with E-state index >= 15 is 0 Å². The van der Waals surface area contributed by atoms with Gasteiger partial charge in [0.05, 0.1) is 75.2 Å². The zero-order valence-electron chi connectivity index (χ0n) is 39.7. The molecular weight excluding hydrogens is 1370 g/mol. The molecule has 4 nitrogen and oxygen atoms in total. The number of aryl methyl sites for hydroxylation is 12. The summed E-state index contributed by atoms with van der Waals surface area (Å²) >= 11 is 33.7. The fraction of sp³-hybridized carbons (Fsp3) is 0.232. The van der Waals surface area contributed by atoms with Gasteiger partial charge in [-0.3, -0.25) is 0 Å². The van der Waals surface area contributed by atoms with Gasteiger partial charge in [0.15, 0.2) is 0 Å². The lowest BCUT2D eigenvalue weighted by Gasteiger charge is -2.23. The van der Waals surface area contributed by atoms with Crippen molar-refractivity contribution in [1.82, 2.24) is 15.0 Å². The molecule has 0 saturated heterocycles. The first-order valence-corrected chi connectivity index (χ1v) is 28.5. The SMILES string of the molecule is Cc1cc(C)c(C2=C3N=C(C(Br)=C3Br)C(c3c(C)cc(C)cc3C)=c3[nH]c(c(Br)c3Br)=C(c3c(C)cc(C)cc3C)c3[nH]c(c(Br)c3Br)C(c3c(C)cc(C)cc3C)c3[nH]c2c(Br)c3Br)c(C)c1. The smallest absolute Gasteiger partial charge is 0.0891 e. The van der Waals surface area contributed by atoms with Gasteiger partial charge in [0, 0.05) is 28.1 Å². The van der Waals surface area contributed by atoms with Crippen molar-refractivity contribution < 1.29 is 0 Å². The first-order valence-electron chi connectivity index (χ1n) is 22.2. The Labute approximate surface area is 466 Å². The van der Waals surface area contributed by atoms with Gasteiger partial charge in [0.25, 0.3) is 0 Å². The highest BCUT2D eigenvalue weighted by Gasteiger charge is 2.37. The van der Waals surface area contributed by atoms with Crippen LogP contribution in [0.4, 0.5) is 0 Å². The van der Waals surface area contributed by atoms with Crippen LogP contribution in [0.3, 0.4) is 0 Å². The Kier molecular flexibility index (Phi) is 13.9. The van der Waals surface area contributed by atoms with Crippen LogP contribution in [0.1, 0.15) is 118 Å². The zero-order chi connectivity index (χ0) is 49.3. The summed E-state index contributed by atoms with van der Waals surface area (Å²) in [5, 5.41) is 1.81. The standard InChI is InChI=1S/C56H48Br8N4/c1-21-13-25(5)33(26(6)14-21)37-49-41(57)43(59)51(65-49)38(34-27(7)15-22(2)16-28(34)8)53-45(61)47(63)55(67-53)40(36-31(11)19-24(4)20-32(36)12)56-48(64)46(62)54(68-56)39(52-44(60)42(58)50(37)66-52)35-29(9)17-23(3)18-30(35)10/h13-20,37,65-67H,1-12H3. The number of hydrogen-bond donors (Lipinski definition) is 3. The number of H-pyrrole nitrogens is 3. The van der Waals surface area contributed by atoms with Crippen LogP contribution < -0.4 is 10.7 Å². The highest BCUT2D eigenvalue weighted by molar-refractivity contribution is 9.14. The number of rotatable bonds is 4. The third kappa shape index (κ3) is 8.23. The summed E-state index contributed by atoms with van der Waals surface area (Å²) in [6, 6.07) is 18.2. The number of aromatic nitrogens is 3. The molecule has 68 heavy (non-hydrogen) atoms. The van der Waals surface area contributed by atoms with Crippen molar-refractivity contribution in [2.75, 3.05) is 0 Å². The van der Waals surface area contributed by atoms with Crippen LogP contribution in [0, 0.1) is 83.1 Å². The molecule has 5 heterocycles. The minimum absolute atomic E-state index is 0.301. The molecule has 0 aliphatic carbocycles. The van der Waals surface area contributed by atoms with Gasteiger partial charge in [0.1, 0.15) is 0 Å². The molecule has 348 valence electrons. The van der Waals surface area contributed by atoms with Gasteiger partial charge in [-0.15, -0.1) is 0 Å². The van der Waals surface area contributed by atoms with Gasteiger partial charge in [0.2, 0.25) is 0 Å². The lowest BCUT2D eigenvalue weighted by atomic mass is 9.85. The quantitative estimate of drug-likeness (QED) is 0.157. The minimum atomic E-state index is -0.301. The average molecular weight is 1420 g/mol. The zero-order valence-corrected chi connectivity index (χ0v) is 52.4. The summed E-state index contributed by atoms with van der Waals surface area (Å²) in [6.07, 6.45) is 0. The Bertz CT molecular complexity index is 3530. The molecule has 4 aromatic carbocycles. The maximum absolute atomic E-state index is 5.83. The maximum atomic E-state index is 5.83. The first-order chi connectivity index (χ1) is 32.0. The molecule has 2 aliphatic rings. The van der Waals surface area contributed by atoms with Crippen LogP contribution in [0.5, 0.6) is 0 Å². The number of halogens is 8. The van der Waals surface area contributed by atoms with Crippen molar-refractivity contribution >= 4 is 150 Å². The second kappa shape index (κ2) is 18.8. The Morgan fingerprint density at radius 2 is 0.706 bits per heavy atom. The van der Waals surface area contributed by atoms with Gasteiger partial charge in [-0.2, -0.15) is 0 Å². The van der Waals surface area contributed by atoms with E-state index in [4.69, 9.17) is 4.99 Å². The molecule has 0 spiro atoms. The van der Waals surface area contributed by atoms with Gasteiger partial charge in [-0.25, -0.2) is 4.99 Å². The van der Waals surface area contributed by atoms with Crippen molar-refractivity contribution in [3.05, 3.63) is 213 Å². The Morgan fingerprint density at radius 3 is 1.12 bits per heavy atom. The summed E-state index contributed by atoms with van der Waals surface area (Å²) < 4.78 is 7.17. The first kappa shape index (κ1) is 50.4. The number of fused-ring (bicyclic) bond motifs is 7. The summed E-state index contributed by atoms with van der Waals surface area (Å²) in [5.74, 6) is -0.301. The van der Waals surface area contributed by atoms with Crippen LogP contribution in [0.2, 0.25) is 0 Å². The molecule has 0 amide bonds. The molecule has 8 bridgehead atoms. The Morgan fingerprint density at radius 1 is 0.368 bits per heavy atom. The topological polar surface area (TPSA) is 59.7 Å². The highest BCUT2D eigenvalue weighted by atomic mass is 79.9. The highest BCUT2D eigenvalue weighted by Crippen LogP contribution is 2.52. The number of benzene rings is 4. The van der Waals surface area contributed by atoms with Gasteiger partial charge < -0.3 is 15.0 Å². The van der Waals surface area contributed by atoms with Crippen molar-refractivity contribution in [2.24, 2.45) is 4.99 Å². The third-order valence-electron chi connectivity index (χ3n) is 13.4. The lowest BCUT2D eigenvalue weighted by Crippen LogP contribution is -2.22. The van der Waals surface area contributed by atoms with Crippen molar-refractivity contribution in [3.63, 3.8) is 0 Å². The van der Waals surface area contributed by atoms with Crippen molar-refractivity contribution in [2.45, 2.75) is 89.0 Å². The molecular formula is C56H48Br8N4. The van der Waals surface area contributed by atoms with Gasteiger partial charge >= 0.3 is 0 Å². The lowest BCUT2D eigenvalue weighted by molar-refractivity contribution is 0.864. The second-order valence-corrected chi connectivity index (χ2v) is 25.1. The minimum Gasteiger partial charge on any atom is -0.356 e. The predicted molar refractivity (Wildman–Crippen MR) is 314 cm³/mol. The Balaban J connectivity index is 1.61. The average Bonchev–Trinajstić information content (AvgIpc) is 3.90. The molecule has 3 aromatic heterocycles. The largest absolute Gasteiger partial charge is 0.356 e. The molecule has 12 heteroatoms. The van der Waals surface area contributed by atoms with Crippen LogP contribution >= 0.6 is 127 Å². The maximum Gasteiger partial charge on any atom is 0.0891 e. The van der Waals surface area contributed by atoms with E-state index in [1.54, 1.807) is 0 Å². The van der Waals surface area contributed by atoms with Crippen LogP contribution in [0.25, 0.3) is 16.7 Å². The molecule has 0 fully saturated rings. The number of nitrogens with zero attached hydrogens (tertiary/aromatic N) is 1. The number of allylic oxidation sites excluding steroid dienone is 2. The van der Waals surface area contributed by atoms with E-state index in [0.29, 0.717) is 0 Å². The van der Waals surface area contributed by atoms with Gasteiger partial charge in [-0.1, -0.05) is 70.8 Å². The Hall–Kier alpha value is -2.55. The molecule has 0 saturated carbocycles. The summed E-state index contributed by atoms with van der Waals surface area (Å²) in [7, 11) is 0. The molecule has 7 aromatic rings. The van der Waals surface area contributed by atoms with E-state index in [2.05, 4.69) is 274 Å². The molecule has 0 radical (unpaired) electrons. The van der Waals surface area contributed by atoms with Crippen LogP contribution in [-0.4, -0.2) is 20.7 Å². The number of aromatic amines is 3. The number of aliphatic imine (C=N–C) groups is 1. The van der Waals surface area contributed by atoms with Gasteiger partial charge in [-0.05, 0) is 277 Å². The van der Waals surface area contributed by atoms with Crippen LogP contribution in [-0.2, 0) is 0 Å². The fourth-order valence-corrected chi connectivity index (χ4v) is 15.2. The van der Waals surface area contributed by atoms with E-state index in [-0.39, 0.29) is 5.92 Å². The summed E-state index contributed by atoms with van der Waals surface area (Å²) in [5.41, 5.74) is 27.1. The van der Waals surface area contributed by atoms with E-state index in [0.717, 1.165) is 136 Å². The van der Waals surface area contributed by atoms with Crippen molar-refractivity contribution in [1.29, 1.82) is 0 Å².